The zero-order valence-corrected chi connectivity index (χ0v) is 5.41. The Morgan fingerprint density at radius 2 is 1.75 bits per heavy atom. The molecule has 1 fully saturated rings. The predicted octanol–water partition coefficient (Wildman–Crippen LogP) is 0.431. The molecule has 1 aliphatic rings. The van der Waals surface area contributed by atoms with Crippen molar-refractivity contribution in [3.05, 3.63) is 11.4 Å². The minimum Gasteiger partial charge on any atom is -0.370 e. The van der Waals surface area contributed by atoms with E-state index in [1.807, 2.05) is 0 Å². The molecule has 0 aromatic carbocycles. The molecule has 8 heavy (non-hydrogen) atoms. The SMILES string of the molecule is CC(C)=C1NCCN1. The average Bonchev–Trinajstić information content (AvgIpc) is 2.12. The van der Waals surface area contributed by atoms with Crippen molar-refractivity contribution in [3.8, 4) is 0 Å². The van der Waals surface area contributed by atoms with E-state index < -0.39 is 0 Å². The third-order valence-electron chi connectivity index (χ3n) is 1.23. The quantitative estimate of drug-likeness (QED) is 0.475. The van der Waals surface area contributed by atoms with Crippen LogP contribution in [0.4, 0.5) is 0 Å². The molecule has 2 nitrogen and oxygen atoms in total. The first-order valence-corrected chi connectivity index (χ1v) is 2.96. The predicted molar refractivity (Wildman–Crippen MR) is 34.4 cm³/mol. The van der Waals surface area contributed by atoms with E-state index in [1.54, 1.807) is 0 Å². The van der Waals surface area contributed by atoms with Gasteiger partial charge in [0.25, 0.3) is 0 Å². The van der Waals surface area contributed by atoms with Crippen molar-refractivity contribution in [3.63, 3.8) is 0 Å². The average molecular weight is 112 g/mol. The fraction of sp³-hybridized carbons (Fsp3) is 0.667. The Hall–Kier alpha value is -0.660. The first-order chi connectivity index (χ1) is 3.80. The van der Waals surface area contributed by atoms with Gasteiger partial charge in [0.15, 0.2) is 0 Å². The van der Waals surface area contributed by atoms with Crippen molar-refractivity contribution in [2.75, 3.05) is 13.1 Å². The lowest BCUT2D eigenvalue weighted by atomic mass is 10.3. The van der Waals surface area contributed by atoms with Crippen LogP contribution in [-0.4, -0.2) is 13.1 Å². The Morgan fingerprint density at radius 3 is 2.00 bits per heavy atom. The van der Waals surface area contributed by atoms with Crippen molar-refractivity contribution in [2.45, 2.75) is 13.8 Å². The Bertz CT molecular complexity index is 104. The summed E-state index contributed by atoms with van der Waals surface area (Å²) in [6, 6.07) is 0. The van der Waals surface area contributed by atoms with Gasteiger partial charge in [-0.25, -0.2) is 0 Å². The molecule has 0 radical (unpaired) electrons. The van der Waals surface area contributed by atoms with Crippen LogP contribution < -0.4 is 10.6 Å². The van der Waals surface area contributed by atoms with Gasteiger partial charge >= 0.3 is 0 Å². The monoisotopic (exact) mass is 112 g/mol. The van der Waals surface area contributed by atoms with Crippen LogP contribution in [0.1, 0.15) is 13.8 Å². The highest BCUT2D eigenvalue weighted by Crippen LogP contribution is 1.97. The van der Waals surface area contributed by atoms with E-state index in [1.165, 1.54) is 11.4 Å². The van der Waals surface area contributed by atoms with E-state index in [0.717, 1.165) is 13.1 Å². The summed E-state index contributed by atoms with van der Waals surface area (Å²) in [5.74, 6) is 1.21. The van der Waals surface area contributed by atoms with Crippen LogP contribution in [0.5, 0.6) is 0 Å². The number of hydrogen-bond donors (Lipinski definition) is 2. The van der Waals surface area contributed by atoms with Crippen LogP contribution in [-0.2, 0) is 0 Å². The number of allylic oxidation sites excluding steroid dienone is 1. The van der Waals surface area contributed by atoms with Crippen molar-refractivity contribution in [2.24, 2.45) is 0 Å². The molecule has 2 heteroatoms. The summed E-state index contributed by atoms with van der Waals surface area (Å²) in [6.45, 7) is 6.34. The van der Waals surface area contributed by atoms with Crippen molar-refractivity contribution >= 4 is 0 Å². The largest absolute Gasteiger partial charge is 0.370 e. The fourth-order valence-corrected chi connectivity index (χ4v) is 0.791. The zero-order valence-electron chi connectivity index (χ0n) is 5.41. The van der Waals surface area contributed by atoms with Gasteiger partial charge in [-0.2, -0.15) is 0 Å². The minimum absolute atomic E-state index is 1.07. The normalized spacial score (nSPS) is 17.5. The molecule has 0 unspecified atom stereocenters. The highest BCUT2D eigenvalue weighted by atomic mass is 15.2. The molecular formula is C6H12N2. The smallest absolute Gasteiger partial charge is 0.0973 e. The van der Waals surface area contributed by atoms with Gasteiger partial charge < -0.3 is 10.6 Å². The lowest BCUT2D eigenvalue weighted by molar-refractivity contribution is 0.920. The molecule has 0 bridgehead atoms. The van der Waals surface area contributed by atoms with Crippen LogP contribution in [0.15, 0.2) is 11.4 Å². The molecular weight excluding hydrogens is 100 g/mol. The highest BCUT2D eigenvalue weighted by molar-refractivity contribution is 5.08. The van der Waals surface area contributed by atoms with Gasteiger partial charge in [0, 0.05) is 13.1 Å². The molecule has 0 spiro atoms. The van der Waals surface area contributed by atoms with E-state index in [2.05, 4.69) is 24.5 Å². The molecule has 0 aromatic rings. The van der Waals surface area contributed by atoms with Crippen molar-refractivity contribution in [1.82, 2.24) is 10.6 Å². The van der Waals surface area contributed by atoms with Gasteiger partial charge in [-0.15, -0.1) is 0 Å². The summed E-state index contributed by atoms with van der Waals surface area (Å²) in [7, 11) is 0. The maximum Gasteiger partial charge on any atom is 0.0973 e. The fourth-order valence-electron chi connectivity index (χ4n) is 0.791. The lowest BCUT2D eigenvalue weighted by Crippen LogP contribution is -2.11. The third kappa shape index (κ3) is 0.941. The molecule has 0 saturated carbocycles. The van der Waals surface area contributed by atoms with Gasteiger partial charge in [-0.05, 0) is 19.4 Å². The molecule has 1 heterocycles. The molecule has 1 saturated heterocycles. The summed E-state index contributed by atoms with van der Waals surface area (Å²) in [6.07, 6.45) is 0. The van der Waals surface area contributed by atoms with E-state index in [9.17, 15) is 0 Å². The number of hydrogen-bond acceptors (Lipinski definition) is 2. The minimum atomic E-state index is 1.07. The van der Waals surface area contributed by atoms with Gasteiger partial charge in [0.2, 0.25) is 0 Å². The second kappa shape index (κ2) is 2.07. The number of nitrogens with one attached hydrogen (secondary N) is 2. The highest BCUT2D eigenvalue weighted by Gasteiger charge is 2.02. The standard InChI is InChI=1S/C6H12N2/c1-5(2)6-7-3-4-8-6/h7-8H,3-4H2,1-2H3. The molecule has 0 amide bonds. The molecule has 2 N–H and O–H groups in total. The van der Waals surface area contributed by atoms with Gasteiger partial charge in [-0.1, -0.05) is 0 Å². The Kier molecular flexibility index (Phi) is 1.42. The van der Waals surface area contributed by atoms with Crippen LogP contribution >= 0.6 is 0 Å². The van der Waals surface area contributed by atoms with E-state index in [-0.39, 0.29) is 0 Å². The van der Waals surface area contributed by atoms with Crippen molar-refractivity contribution in [1.29, 1.82) is 0 Å². The van der Waals surface area contributed by atoms with E-state index in [0.29, 0.717) is 0 Å². The summed E-state index contributed by atoms with van der Waals surface area (Å²) >= 11 is 0. The summed E-state index contributed by atoms with van der Waals surface area (Å²) in [4.78, 5) is 0. The summed E-state index contributed by atoms with van der Waals surface area (Å²) in [5, 5.41) is 6.45. The van der Waals surface area contributed by atoms with Crippen LogP contribution in [0.3, 0.4) is 0 Å². The molecule has 1 aliphatic heterocycles. The molecule has 1 rings (SSSR count). The third-order valence-corrected chi connectivity index (χ3v) is 1.23. The Balaban J connectivity index is 2.58. The molecule has 0 atom stereocenters. The molecule has 0 aromatic heterocycles. The van der Waals surface area contributed by atoms with E-state index >= 15 is 0 Å². The lowest BCUT2D eigenvalue weighted by Gasteiger charge is -1.99. The van der Waals surface area contributed by atoms with Crippen molar-refractivity contribution < 1.29 is 0 Å². The first kappa shape index (κ1) is 5.48. The molecule has 0 aliphatic carbocycles. The van der Waals surface area contributed by atoms with Crippen LogP contribution in [0, 0.1) is 0 Å². The van der Waals surface area contributed by atoms with Gasteiger partial charge in [0.05, 0.1) is 5.82 Å². The van der Waals surface area contributed by atoms with Gasteiger partial charge in [-0.3, -0.25) is 0 Å². The second-order valence-electron chi connectivity index (χ2n) is 2.23. The summed E-state index contributed by atoms with van der Waals surface area (Å²) < 4.78 is 0. The topological polar surface area (TPSA) is 24.1 Å². The van der Waals surface area contributed by atoms with Crippen LogP contribution in [0.25, 0.3) is 0 Å². The first-order valence-electron chi connectivity index (χ1n) is 2.96. The number of rotatable bonds is 0. The maximum absolute atomic E-state index is 3.22. The summed E-state index contributed by atoms with van der Waals surface area (Å²) in [5.41, 5.74) is 1.34. The maximum atomic E-state index is 3.22. The van der Waals surface area contributed by atoms with Crippen LogP contribution in [0.2, 0.25) is 0 Å². The Morgan fingerprint density at radius 1 is 1.25 bits per heavy atom. The molecule has 46 valence electrons. The zero-order chi connectivity index (χ0) is 5.98. The van der Waals surface area contributed by atoms with E-state index in [4.69, 9.17) is 0 Å². The second-order valence-corrected chi connectivity index (χ2v) is 2.23. The van der Waals surface area contributed by atoms with Gasteiger partial charge in [0.1, 0.15) is 0 Å². The Labute approximate surface area is 50.0 Å².